The van der Waals surface area contributed by atoms with Crippen LogP contribution in [0.1, 0.15) is 5.69 Å². The average Bonchev–Trinajstić information content (AvgIpc) is 2.47. The van der Waals surface area contributed by atoms with Gasteiger partial charge in [-0.15, -0.1) is 0 Å². The van der Waals surface area contributed by atoms with E-state index in [1.54, 1.807) is 18.3 Å². The molecule has 1 aromatic carbocycles. The Morgan fingerprint density at radius 3 is 2.67 bits per heavy atom. The summed E-state index contributed by atoms with van der Waals surface area (Å²) in [7, 11) is -0.515. The Morgan fingerprint density at radius 1 is 1.29 bits per heavy atom. The van der Waals surface area contributed by atoms with Crippen LogP contribution in [0, 0.1) is 0 Å². The second-order valence-corrected chi connectivity index (χ2v) is 6.74. The number of nitrogen functional groups attached to an aromatic ring is 1. The van der Waals surface area contributed by atoms with Gasteiger partial charge in [-0.2, -0.15) is 0 Å². The van der Waals surface area contributed by atoms with E-state index in [1.165, 1.54) is 32.6 Å². The summed E-state index contributed by atoms with van der Waals surface area (Å²) >= 11 is 0. The van der Waals surface area contributed by atoms with Gasteiger partial charge in [0.1, 0.15) is 6.33 Å². The van der Waals surface area contributed by atoms with Gasteiger partial charge >= 0.3 is 0 Å². The molecule has 2 aromatic rings. The molecule has 0 fully saturated rings. The van der Waals surface area contributed by atoms with E-state index in [1.807, 2.05) is 0 Å². The van der Waals surface area contributed by atoms with Gasteiger partial charge in [-0.25, -0.2) is 22.7 Å². The van der Waals surface area contributed by atoms with Crippen molar-refractivity contribution < 1.29 is 8.42 Å². The van der Waals surface area contributed by atoms with Crippen LogP contribution in [-0.4, -0.2) is 36.8 Å². The third-order valence-corrected chi connectivity index (χ3v) is 4.72. The van der Waals surface area contributed by atoms with Crippen LogP contribution in [0.15, 0.2) is 41.7 Å². The summed E-state index contributed by atoms with van der Waals surface area (Å²) in [6.45, 7) is 0.429. The zero-order valence-corrected chi connectivity index (χ0v) is 12.6. The van der Waals surface area contributed by atoms with Crippen molar-refractivity contribution in [2.45, 2.75) is 11.4 Å². The summed E-state index contributed by atoms with van der Waals surface area (Å²) in [5, 5.41) is 3.08. The van der Waals surface area contributed by atoms with Crippen molar-refractivity contribution in [3.63, 3.8) is 0 Å². The number of benzene rings is 1. The minimum atomic E-state index is -3.49. The quantitative estimate of drug-likeness (QED) is 0.797. The zero-order chi connectivity index (χ0) is 15.5. The van der Waals surface area contributed by atoms with Gasteiger partial charge in [-0.3, -0.25) is 0 Å². The second-order valence-electron chi connectivity index (χ2n) is 4.59. The number of rotatable bonds is 5. The summed E-state index contributed by atoms with van der Waals surface area (Å²) in [5.41, 5.74) is 7.68. The molecule has 0 amide bonds. The van der Waals surface area contributed by atoms with Crippen LogP contribution in [0.3, 0.4) is 0 Å². The van der Waals surface area contributed by atoms with Gasteiger partial charge in [0.25, 0.3) is 0 Å². The summed E-state index contributed by atoms with van der Waals surface area (Å²) in [6, 6.07) is 6.34. The minimum Gasteiger partial charge on any atom is -0.397 e. The minimum absolute atomic E-state index is 0.187. The average molecular weight is 307 g/mol. The number of nitrogens with one attached hydrogen (secondary N) is 1. The Labute approximate surface area is 123 Å². The first kappa shape index (κ1) is 15.2. The third-order valence-electron chi connectivity index (χ3n) is 2.91. The molecule has 0 spiro atoms. The molecule has 0 bridgehead atoms. The lowest BCUT2D eigenvalue weighted by Crippen LogP contribution is -2.22. The lowest BCUT2D eigenvalue weighted by Gasteiger charge is -2.14. The molecular formula is C13H17N5O2S. The Kier molecular flexibility index (Phi) is 4.39. The number of nitrogens with zero attached hydrogens (tertiary/aromatic N) is 3. The van der Waals surface area contributed by atoms with Crippen molar-refractivity contribution in [3.8, 4) is 0 Å². The first-order chi connectivity index (χ1) is 9.91. The maximum absolute atomic E-state index is 12.1. The van der Waals surface area contributed by atoms with Gasteiger partial charge in [-0.05, 0) is 24.3 Å². The van der Waals surface area contributed by atoms with E-state index < -0.39 is 10.0 Å². The molecule has 21 heavy (non-hydrogen) atoms. The number of anilines is 2. The highest BCUT2D eigenvalue weighted by Gasteiger charge is 2.18. The molecular weight excluding hydrogens is 290 g/mol. The van der Waals surface area contributed by atoms with Crippen molar-refractivity contribution in [3.05, 3.63) is 42.5 Å². The number of nitrogens with two attached hydrogens (primary N) is 1. The molecule has 0 atom stereocenters. The third kappa shape index (κ3) is 3.47. The summed E-state index contributed by atoms with van der Waals surface area (Å²) in [4.78, 5) is 8.10. The van der Waals surface area contributed by atoms with Gasteiger partial charge < -0.3 is 11.1 Å². The zero-order valence-electron chi connectivity index (χ0n) is 11.8. The SMILES string of the molecule is CN(C)S(=O)(=O)c1ccc(N)c(NCc2ccncn2)c1. The highest BCUT2D eigenvalue weighted by molar-refractivity contribution is 7.89. The van der Waals surface area contributed by atoms with Crippen LogP contribution in [0.2, 0.25) is 0 Å². The van der Waals surface area contributed by atoms with Crippen LogP contribution in [0.25, 0.3) is 0 Å². The van der Waals surface area contributed by atoms with Crippen LogP contribution >= 0.6 is 0 Å². The van der Waals surface area contributed by atoms with E-state index in [2.05, 4.69) is 15.3 Å². The molecule has 0 unspecified atom stereocenters. The van der Waals surface area contributed by atoms with Crippen molar-refractivity contribution >= 4 is 21.4 Å². The standard InChI is InChI=1S/C13H17N5O2S/c1-18(2)21(19,20)11-3-4-12(14)13(7-11)16-8-10-5-6-15-9-17-10/h3-7,9,16H,8,14H2,1-2H3. The van der Waals surface area contributed by atoms with Crippen molar-refractivity contribution in [2.75, 3.05) is 25.1 Å². The lowest BCUT2D eigenvalue weighted by molar-refractivity contribution is 0.521. The molecule has 112 valence electrons. The first-order valence-electron chi connectivity index (χ1n) is 6.22. The molecule has 3 N–H and O–H groups in total. The second kappa shape index (κ2) is 6.06. The van der Waals surface area contributed by atoms with Gasteiger partial charge in [0, 0.05) is 20.3 Å². The van der Waals surface area contributed by atoms with Crippen molar-refractivity contribution in [1.29, 1.82) is 0 Å². The predicted octanol–water partition coefficient (Wildman–Crippen LogP) is 0.921. The number of sulfonamides is 1. The van der Waals surface area contributed by atoms with Gasteiger partial charge in [0.15, 0.2) is 0 Å². The van der Waals surface area contributed by atoms with Gasteiger partial charge in [-0.1, -0.05) is 0 Å². The Balaban J connectivity index is 2.24. The molecule has 0 saturated heterocycles. The summed E-state index contributed by atoms with van der Waals surface area (Å²) in [5.74, 6) is 0. The summed E-state index contributed by atoms with van der Waals surface area (Å²) < 4.78 is 25.4. The maximum Gasteiger partial charge on any atom is 0.242 e. The molecule has 0 aliphatic rings. The Hall–Kier alpha value is -2.19. The highest BCUT2D eigenvalue weighted by Crippen LogP contribution is 2.24. The molecule has 0 aliphatic heterocycles. The molecule has 7 nitrogen and oxygen atoms in total. The Bertz CT molecular complexity index is 717. The molecule has 0 aliphatic carbocycles. The van der Waals surface area contributed by atoms with E-state index in [0.29, 0.717) is 17.9 Å². The fraction of sp³-hybridized carbons (Fsp3) is 0.231. The number of hydrogen-bond donors (Lipinski definition) is 2. The molecule has 1 aromatic heterocycles. The van der Waals surface area contributed by atoms with Gasteiger partial charge in [0.2, 0.25) is 10.0 Å². The van der Waals surface area contributed by atoms with Crippen LogP contribution in [0.4, 0.5) is 11.4 Å². The largest absolute Gasteiger partial charge is 0.397 e. The van der Waals surface area contributed by atoms with E-state index in [0.717, 1.165) is 10.00 Å². The smallest absolute Gasteiger partial charge is 0.242 e. The Morgan fingerprint density at radius 2 is 2.05 bits per heavy atom. The lowest BCUT2D eigenvalue weighted by atomic mass is 10.2. The monoisotopic (exact) mass is 307 g/mol. The highest BCUT2D eigenvalue weighted by atomic mass is 32.2. The molecule has 0 radical (unpaired) electrons. The van der Waals surface area contributed by atoms with Crippen molar-refractivity contribution in [2.24, 2.45) is 0 Å². The van der Waals surface area contributed by atoms with E-state index in [4.69, 9.17) is 5.73 Å². The van der Waals surface area contributed by atoms with Crippen LogP contribution < -0.4 is 11.1 Å². The number of aromatic nitrogens is 2. The molecule has 0 saturated carbocycles. The molecule has 1 heterocycles. The van der Waals surface area contributed by atoms with Crippen LogP contribution in [-0.2, 0) is 16.6 Å². The predicted molar refractivity (Wildman–Crippen MR) is 81.1 cm³/mol. The molecule has 2 rings (SSSR count). The molecule has 8 heteroatoms. The first-order valence-corrected chi connectivity index (χ1v) is 7.66. The van der Waals surface area contributed by atoms with Crippen LogP contribution in [0.5, 0.6) is 0 Å². The fourth-order valence-electron chi connectivity index (χ4n) is 1.67. The maximum atomic E-state index is 12.1. The number of hydrogen-bond acceptors (Lipinski definition) is 6. The van der Waals surface area contributed by atoms with Crippen molar-refractivity contribution in [1.82, 2.24) is 14.3 Å². The normalized spacial score (nSPS) is 11.6. The van der Waals surface area contributed by atoms with E-state index in [-0.39, 0.29) is 4.90 Å². The van der Waals surface area contributed by atoms with E-state index >= 15 is 0 Å². The van der Waals surface area contributed by atoms with Gasteiger partial charge in [0.05, 0.1) is 28.5 Å². The fourth-order valence-corrected chi connectivity index (χ4v) is 2.60. The summed E-state index contributed by atoms with van der Waals surface area (Å²) in [6.07, 6.45) is 3.09. The van der Waals surface area contributed by atoms with E-state index in [9.17, 15) is 8.42 Å². The topological polar surface area (TPSA) is 101 Å².